The Hall–Kier alpha value is -2.83. The minimum atomic E-state index is -0.873. The van der Waals surface area contributed by atoms with Crippen molar-refractivity contribution in [1.29, 1.82) is 0 Å². The van der Waals surface area contributed by atoms with E-state index in [-0.39, 0.29) is 6.04 Å². The maximum absolute atomic E-state index is 12.1. The lowest BCUT2D eigenvalue weighted by atomic mass is 10.2. The van der Waals surface area contributed by atoms with E-state index in [0.29, 0.717) is 11.3 Å². The molecule has 0 saturated heterocycles. The largest absolute Gasteiger partial charge is 0.481 e. The van der Waals surface area contributed by atoms with Crippen LogP contribution in [0.4, 0.5) is 4.79 Å². The predicted octanol–water partition coefficient (Wildman–Crippen LogP) is 2.33. The summed E-state index contributed by atoms with van der Waals surface area (Å²) < 4.78 is 10.6. The van der Waals surface area contributed by atoms with Gasteiger partial charge in [-0.05, 0) is 38.0 Å². The molecule has 1 heterocycles. The minimum absolute atomic E-state index is 0.132. The Bertz CT molecular complexity index is 839. The number of amides is 3. The van der Waals surface area contributed by atoms with Gasteiger partial charge in [-0.1, -0.05) is 12.8 Å². The van der Waals surface area contributed by atoms with E-state index in [1.807, 2.05) is 0 Å². The highest BCUT2D eigenvalue weighted by Crippen LogP contribution is 2.20. The van der Waals surface area contributed by atoms with Gasteiger partial charge in [0.15, 0.2) is 6.10 Å². The van der Waals surface area contributed by atoms with Gasteiger partial charge < -0.3 is 14.5 Å². The SMILES string of the molecule is C[C@H](Oc1ccc2ccc(=O)oc2c1)C(=O)NC(=O)NC1CCCC1. The number of urea groups is 1. The summed E-state index contributed by atoms with van der Waals surface area (Å²) in [6, 6.07) is 7.55. The molecule has 1 saturated carbocycles. The number of nitrogens with one attached hydrogen (secondary N) is 2. The van der Waals surface area contributed by atoms with Crippen molar-refractivity contribution < 1.29 is 18.7 Å². The van der Waals surface area contributed by atoms with Crippen LogP contribution in [0, 0.1) is 0 Å². The molecule has 0 aliphatic heterocycles. The second kappa shape index (κ2) is 7.38. The molecule has 1 aliphatic rings. The van der Waals surface area contributed by atoms with E-state index < -0.39 is 23.7 Å². The topological polar surface area (TPSA) is 97.6 Å². The van der Waals surface area contributed by atoms with E-state index >= 15 is 0 Å². The van der Waals surface area contributed by atoms with Crippen LogP contribution < -0.4 is 21.0 Å². The van der Waals surface area contributed by atoms with Gasteiger partial charge in [-0.15, -0.1) is 0 Å². The van der Waals surface area contributed by atoms with Crippen LogP contribution in [-0.2, 0) is 4.79 Å². The molecule has 3 rings (SSSR count). The Labute approximate surface area is 144 Å². The molecule has 1 fully saturated rings. The smallest absolute Gasteiger partial charge is 0.336 e. The molecule has 7 nitrogen and oxygen atoms in total. The first-order valence-electron chi connectivity index (χ1n) is 8.33. The van der Waals surface area contributed by atoms with Gasteiger partial charge in [0.25, 0.3) is 5.91 Å². The quantitative estimate of drug-likeness (QED) is 0.830. The number of carbonyl (C=O) groups is 2. The highest BCUT2D eigenvalue weighted by atomic mass is 16.5. The van der Waals surface area contributed by atoms with Crippen LogP contribution in [-0.4, -0.2) is 24.1 Å². The first-order valence-corrected chi connectivity index (χ1v) is 8.33. The molecule has 2 aromatic rings. The van der Waals surface area contributed by atoms with Crippen LogP contribution >= 0.6 is 0 Å². The van der Waals surface area contributed by atoms with Crippen LogP contribution in [0.3, 0.4) is 0 Å². The highest BCUT2D eigenvalue weighted by Gasteiger charge is 2.21. The van der Waals surface area contributed by atoms with Crippen LogP contribution in [0.15, 0.2) is 39.5 Å². The molecule has 0 bridgehead atoms. The van der Waals surface area contributed by atoms with Crippen molar-refractivity contribution in [3.05, 3.63) is 40.8 Å². The third-order valence-electron chi connectivity index (χ3n) is 4.20. The molecule has 0 spiro atoms. The summed E-state index contributed by atoms with van der Waals surface area (Å²) in [5.74, 6) is -0.161. The van der Waals surface area contributed by atoms with Crippen LogP contribution in [0.1, 0.15) is 32.6 Å². The van der Waals surface area contributed by atoms with Gasteiger partial charge in [0.05, 0.1) is 0 Å². The van der Waals surface area contributed by atoms with E-state index in [0.717, 1.165) is 31.1 Å². The molecule has 25 heavy (non-hydrogen) atoms. The lowest BCUT2D eigenvalue weighted by Crippen LogP contribution is -2.47. The fourth-order valence-electron chi connectivity index (χ4n) is 2.88. The molecule has 0 radical (unpaired) electrons. The maximum Gasteiger partial charge on any atom is 0.336 e. The first-order chi connectivity index (χ1) is 12.0. The van der Waals surface area contributed by atoms with Crippen molar-refractivity contribution in [2.24, 2.45) is 0 Å². The summed E-state index contributed by atoms with van der Waals surface area (Å²) in [5, 5.41) is 5.82. The zero-order valence-electron chi connectivity index (χ0n) is 13.9. The number of benzene rings is 1. The van der Waals surface area contributed by atoms with Crippen LogP contribution in [0.2, 0.25) is 0 Å². The number of carbonyl (C=O) groups excluding carboxylic acids is 2. The second-order valence-corrected chi connectivity index (χ2v) is 6.16. The second-order valence-electron chi connectivity index (χ2n) is 6.16. The van der Waals surface area contributed by atoms with E-state index in [9.17, 15) is 14.4 Å². The standard InChI is InChI=1S/C18H20N2O5/c1-11(17(22)20-18(23)19-13-4-2-3-5-13)24-14-8-6-12-7-9-16(21)25-15(12)10-14/h6-11,13H,2-5H2,1H3,(H2,19,20,22,23)/t11-/m0/s1. The molecular formula is C18H20N2O5. The molecular weight excluding hydrogens is 324 g/mol. The Morgan fingerprint density at radius 1 is 1.20 bits per heavy atom. The van der Waals surface area contributed by atoms with Gasteiger partial charge in [-0.3, -0.25) is 10.1 Å². The van der Waals surface area contributed by atoms with Crippen LogP contribution in [0.5, 0.6) is 5.75 Å². The third kappa shape index (κ3) is 4.37. The summed E-state index contributed by atoms with van der Waals surface area (Å²) in [7, 11) is 0. The monoisotopic (exact) mass is 344 g/mol. The van der Waals surface area contributed by atoms with Gasteiger partial charge in [0.1, 0.15) is 11.3 Å². The van der Waals surface area contributed by atoms with Crippen molar-refractivity contribution >= 4 is 22.9 Å². The molecule has 3 amide bonds. The van der Waals surface area contributed by atoms with Crippen molar-refractivity contribution in [1.82, 2.24) is 10.6 Å². The maximum atomic E-state index is 12.1. The lowest BCUT2D eigenvalue weighted by molar-refractivity contribution is -0.126. The molecule has 1 atom stereocenters. The van der Waals surface area contributed by atoms with Gasteiger partial charge in [0, 0.05) is 23.6 Å². The van der Waals surface area contributed by atoms with E-state index in [1.54, 1.807) is 31.2 Å². The zero-order chi connectivity index (χ0) is 17.8. The fraction of sp³-hybridized carbons (Fsp3) is 0.389. The number of fused-ring (bicyclic) bond motifs is 1. The van der Waals surface area contributed by atoms with E-state index in [2.05, 4.69) is 10.6 Å². The Balaban J connectivity index is 1.58. The number of ether oxygens (including phenoxy) is 1. The lowest BCUT2D eigenvalue weighted by Gasteiger charge is -2.16. The van der Waals surface area contributed by atoms with Crippen molar-refractivity contribution in [3.8, 4) is 5.75 Å². The van der Waals surface area contributed by atoms with Gasteiger partial charge >= 0.3 is 11.7 Å². The average Bonchev–Trinajstić information content (AvgIpc) is 3.07. The molecule has 1 aliphatic carbocycles. The van der Waals surface area contributed by atoms with Crippen molar-refractivity contribution in [2.45, 2.75) is 44.8 Å². The van der Waals surface area contributed by atoms with Crippen molar-refractivity contribution in [3.63, 3.8) is 0 Å². The summed E-state index contributed by atoms with van der Waals surface area (Å²) >= 11 is 0. The number of imide groups is 1. The average molecular weight is 344 g/mol. The van der Waals surface area contributed by atoms with Crippen molar-refractivity contribution in [2.75, 3.05) is 0 Å². The Morgan fingerprint density at radius 2 is 1.92 bits per heavy atom. The Kier molecular flexibility index (Phi) is 5.02. The minimum Gasteiger partial charge on any atom is -0.481 e. The van der Waals surface area contributed by atoms with E-state index in [4.69, 9.17) is 9.15 Å². The molecule has 1 aromatic heterocycles. The fourth-order valence-corrected chi connectivity index (χ4v) is 2.88. The summed E-state index contributed by atoms with van der Waals surface area (Å²) in [6.07, 6.45) is 3.20. The molecule has 0 unspecified atom stereocenters. The third-order valence-corrected chi connectivity index (χ3v) is 4.20. The number of hydrogen-bond donors (Lipinski definition) is 2. The summed E-state index contributed by atoms with van der Waals surface area (Å²) in [4.78, 5) is 35.2. The number of rotatable bonds is 4. The molecule has 132 valence electrons. The normalized spacial score (nSPS) is 15.7. The number of hydrogen-bond acceptors (Lipinski definition) is 5. The van der Waals surface area contributed by atoms with E-state index in [1.165, 1.54) is 6.07 Å². The Morgan fingerprint density at radius 3 is 2.68 bits per heavy atom. The highest BCUT2D eigenvalue weighted by molar-refractivity contribution is 5.96. The predicted molar refractivity (Wildman–Crippen MR) is 91.5 cm³/mol. The van der Waals surface area contributed by atoms with Gasteiger partial charge in [-0.2, -0.15) is 0 Å². The van der Waals surface area contributed by atoms with Crippen LogP contribution in [0.25, 0.3) is 11.0 Å². The summed E-state index contributed by atoms with van der Waals surface area (Å²) in [6.45, 7) is 1.55. The van der Waals surface area contributed by atoms with Gasteiger partial charge in [-0.25, -0.2) is 9.59 Å². The van der Waals surface area contributed by atoms with Gasteiger partial charge in [0.2, 0.25) is 0 Å². The summed E-state index contributed by atoms with van der Waals surface area (Å²) in [5.41, 5.74) is -0.0874. The molecule has 7 heteroatoms. The first kappa shape index (κ1) is 17.0. The molecule has 2 N–H and O–H groups in total. The molecule has 1 aromatic carbocycles. The zero-order valence-corrected chi connectivity index (χ0v) is 13.9.